The van der Waals surface area contributed by atoms with E-state index in [4.69, 9.17) is 21.1 Å². The van der Waals surface area contributed by atoms with E-state index in [1.165, 1.54) is 6.08 Å². The average molecular weight is 450 g/mol. The lowest BCUT2D eigenvalue weighted by molar-refractivity contribution is -0.112. The van der Waals surface area contributed by atoms with E-state index in [2.05, 4.69) is 21.2 Å². The predicted octanol–water partition coefficient (Wildman–Crippen LogP) is 5.45. The molecule has 140 valence electrons. The number of nitriles is 1. The van der Waals surface area contributed by atoms with Gasteiger partial charge in [-0.3, -0.25) is 4.79 Å². The first kappa shape index (κ1) is 20.8. The summed E-state index contributed by atoms with van der Waals surface area (Å²) in [5.74, 6) is 0.602. The molecule has 0 spiro atoms. The highest BCUT2D eigenvalue weighted by Gasteiger charge is 2.14. The average Bonchev–Trinajstić information content (AvgIpc) is 2.63. The highest BCUT2D eigenvalue weighted by molar-refractivity contribution is 9.10. The lowest BCUT2D eigenvalue weighted by Crippen LogP contribution is -2.13. The first-order valence-electron chi connectivity index (χ1n) is 8.26. The molecule has 0 aromatic heterocycles. The van der Waals surface area contributed by atoms with Gasteiger partial charge in [-0.15, -0.1) is 0 Å². The van der Waals surface area contributed by atoms with Crippen LogP contribution >= 0.6 is 27.5 Å². The van der Waals surface area contributed by atoms with Gasteiger partial charge in [-0.25, -0.2) is 0 Å². The number of hydrogen-bond acceptors (Lipinski definition) is 4. The van der Waals surface area contributed by atoms with Crippen LogP contribution < -0.4 is 14.8 Å². The molecule has 2 aromatic carbocycles. The lowest BCUT2D eigenvalue weighted by Gasteiger charge is -2.13. The molecule has 0 heterocycles. The highest BCUT2D eigenvalue weighted by atomic mass is 79.9. The second kappa shape index (κ2) is 10.0. The molecule has 0 radical (unpaired) electrons. The van der Waals surface area contributed by atoms with Gasteiger partial charge in [0.1, 0.15) is 11.6 Å². The van der Waals surface area contributed by atoms with Crippen LogP contribution in [0.3, 0.4) is 0 Å². The van der Waals surface area contributed by atoms with Gasteiger partial charge in [-0.05, 0) is 55.8 Å². The number of hydrogen-bond donors (Lipinski definition) is 1. The molecule has 1 N–H and O–H groups in total. The fourth-order valence-electron chi connectivity index (χ4n) is 2.27. The Kier molecular flexibility index (Phi) is 7.71. The highest BCUT2D eigenvalue weighted by Crippen LogP contribution is 2.35. The quantitative estimate of drug-likeness (QED) is 0.451. The van der Waals surface area contributed by atoms with E-state index in [-0.39, 0.29) is 5.57 Å². The number of halogens is 2. The maximum Gasteiger partial charge on any atom is 0.266 e. The Morgan fingerprint density at radius 2 is 1.89 bits per heavy atom. The monoisotopic (exact) mass is 448 g/mol. The molecule has 0 unspecified atom stereocenters. The summed E-state index contributed by atoms with van der Waals surface area (Å²) >= 11 is 9.36. The van der Waals surface area contributed by atoms with Gasteiger partial charge in [0.15, 0.2) is 11.5 Å². The van der Waals surface area contributed by atoms with Crippen molar-refractivity contribution in [3.63, 3.8) is 0 Å². The Labute approximate surface area is 171 Å². The Morgan fingerprint density at radius 1 is 1.22 bits per heavy atom. The molecule has 2 rings (SSSR count). The van der Waals surface area contributed by atoms with E-state index >= 15 is 0 Å². The first-order chi connectivity index (χ1) is 13.0. The van der Waals surface area contributed by atoms with Gasteiger partial charge in [0.2, 0.25) is 0 Å². The van der Waals surface area contributed by atoms with Crippen LogP contribution in [0.1, 0.15) is 19.4 Å². The summed E-state index contributed by atoms with van der Waals surface area (Å²) in [6.07, 6.45) is 1.49. The van der Waals surface area contributed by atoms with Crippen molar-refractivity contribution in [3.05, 3.63) is 57.0 Å². The van der Waals surface area contributed by atoms with Crippen LogP contribution in [0.15, 0.2) is 46.4 Å². The zero-order valence-corrected chi connectivity index (χ0v) is 17.2. The van der Waals surface area contributed by atoms with E-state index in [1.54, 1.807) is 36.4 Å². The third-order valence-electron chi connectivity index (χ3n) is 3.41. The Hall–Kier alpha value is -2.49. The zero-order chi connectivity index (χ0) is 19.8. The van der Waals surface area contributed by atoms with Crippen molar-refractivity contribution >= 4 is 45.2 Å². The van der Waals surface area contributed by atoms with Crippen LogP contribution in [0.25, 0.3) is 6.08 Å². The molecule has 0 saturated heterocycles. The summed E-state index contributed by atoms with van der Waals surface area (Å²) in [7, 11) is 0. The molecule has 7 heteroatoms. The summed E-state index contributed by atoms with van der Waals surface area (Å²) < 4.78 is 11.8. The Bertz CT molecular complexity index is 907. The van der Waals surface area contributed by atoms with Crippen molar-refractivity contribution in [2.24, 2.45) is 0 Å². The minimum absolute atomic E-state index is 0.0534. The van der Waals surface area contributed by atoms with Crippen molar-refractivity contribution in [2.75, 3.05) is 18.5 Å². The number of ether oxygens (including phenoxy) is 2. The SMILES string of the molecule is CCOc1cc(Br)c(/C=C(/C#N)C(=O)Nc2cccc(Cl)c2)cc1OCC. The van der Waals surface area contributed by atoms with Gasteiger partial charge in [0.05, 0.1) is 13.2 Å². The number of carbonyl (C=O) groups excluding carboxylic acids is 1. The molecule has 0 aliphatic heterocycles. The number of carbonyl (C=O) groups is 1. The van der Waals surface area contributed by atoms with E-state index in [1.807, 2.05) is 19.9 Å². The standard InChI is InChI=1S/C20H18BrClN2O3/c1-3-26-18-9-13(17(21)11-19(18)27-4-2)8-14(12-23)20(25)24-16-7-5-6-15(22)10-16/h5-11H,3-4H2,1-2H3,(H,24,25)/b14-8-. The van der Waals surface area contributed by atoms with E-state index < -0.39 is 5.91 Å². The Balaban J connectivity index is 2.34. The van der Waals surface area contributed by atoms with Gasteiger partial charge >= 0.3 is 0 Å². The Morgan fingerprint density at radius 3 is 2.48 bits per heavy atom. The molecule has 0 bridgehead atoms. The van der Waals surface area contributed by atoms with E-state index in [0.29, 0.717) is 45.5 Å². The minimum atomic E-state index is -0.529. The number of rotatable bonds is 7. The van der Waals surface area contributed by atoms with Crippen LogP contribution in [0.4, 0.5) is 5.69 Å². The summed E-state index contributed by atoms with van der Waals surface area (Å²) in [6, 6.07) is 12.1. The first-order valence-corrected chi connectivity index (χ1v) is 9.43. The second-order valence-corrected chi connectivity index (χ2v) is 6.61. The smallest absolute Gasteiger partial charge is 0.266 e. The van der Waals surface area contributed by atoms with Gasteiger partial charge in [-0.1, -0.05) is 33.6 Å². The summed E-state index contributed by atoms with van der Waals surface area (Å²) in [4.78, 5) is 12.4. The molecule has 0 saturated carbocycles. The molecular weight excluding hydrogens is 432 g/mol. The fraction of sp³-hybridized carbons (Fsp3) is 0.200. The summed E-state index contributed by atoms with van der Waals surface area (Å²) in [6.45, 7) is 4.70. The molecule has 1 amide bonds. The molecule has 0 fully saturated rings. The normalized spacial score (nSPS) is 10.9. The van der Waals surface area contributed by atoms with Gasteiger partial charge in [0.25, 0.3) is 5.91 Å². The van der Waals surface area contributed by atoms with E-state index in [0.717, 1.165) is 0 Å². The molecule has 2 aromatic rings. The third-order valence-corrected chi connectivity index (χ3v) is 4.33. The predicted molar refractivity (Wildman–Crippen MR) is 110 cm³/mol. The number of anilines is 1. The van der Waals surface area contributed by atoms with Gasteiger partial charge in [0, 0.05) is 15.2 Å². The lowest BCUT2D eigenvalue weighted by atomic mass is 10.1. The number of nitrogens with one attached hydrogen (secondary N) is 1. The van der Waals surface area contributed by atoms with Crippen molar-refractivity contribution in [1.82, 2.24) is 0 Å². The summed E-state index contributed by atoms with van der Waals surface area (Å²) in [5.41, 5.74) is 1.08. The number of benzene rings is 2. The van der Waals surface area contributed by atoms with Gasteiger partial charge < -0.3 is 14.8 Å². The summed E-state index contributed by atoms with van der Waals surface area (Å²) in [5, 5.41) is 12.6. The van der Waals surface area contributed by atoms with Crippen molar-refractivity contribution < 1.29 is 14.3 Å². The van der Waals surface area contributed by atoms with Crippen LogP contribution in [0, 0.1) is 11.3 Å². The van der Waals surface area contributed by atoms with Crippen molar-refractivity contribution in [3.8, 4) is 17.6 Å². The largest absolute Gasteiger partial charge is 0.490 e. The number of nitrogens with zero attached hydrogens (tertiary/aromatic N) is 1. The van der Waals surface area contributed by atoms with Crippen LogP contribution in [0.2, 0.25) is 5.02 Å². The molecule has 0 atom stereocenters. The number of amides is 1. The molecule has 5 nitrogen and oxygen atoms in total. The topological polar surface area (TPSA) is 71.3 Å². The second-order valence-electron chi connectivity index (χ2n) is 5.32. The van der Waals surface area contributed by atoms with Crippen molar-refractivity contribution in [1.29, 1.82) is 5.26 Å². The minimum Gasteiger partial charge on any atom is -0.490 e. The van der Waals surface area contributed by atoms with Gasteiger partial charge in [-0.2, -0.15) is 5.26 Å². The maximum absolute atomic E-state index is 12.4. The van der Waals surface area contributed by atoms with Crippen LogP contribution in [-0.2, 0) is 4.79 Å². The molecular formula is C20H18BrClN2O3. The molecule has 0 aliphatic carbocycles. The third kappa shape index (κ3) is 5.75. The van der Waals surface area contributed by atoms with E-state index in [9.17, 15) is 10.1 Å². The van der Waals surface area contributed by atoms with Crippen molar-refractivity contribution in [2.45, 2.75) is 13.8 Å². The zero-order valence-electron chi connectivity index (χ0n) is 14.9. The molecule has 27 heavy (non-hydrogen) atoms. The van der Waals surface area contributed by atoms with Crippen LogP contribution in [0.5, 0.6) is 11.5 Å². The van der Waals surface area contributed by atoms with Crippen LogP contribution in [-0.4, -0.2) is 19.1 Å². The maximum atomic E-state index is 12.4. The fourth-order valence-corrected chi connectivity index (χ4v) is 2.89. The molecule has 0 aliphatic rings.